The molecule has 88 valence electrons. The van der Waals surface area contributed by atoms with Crippen molar-refractivity contribution in [3.63, 3.8) is 0 Å². The van der Waals surface area contributed by atoms with Crippen LogP contribution < -0.4 is 0 Å². The van der Waals surface area contributed by atoms with Gasteiger partial charge in [0.25, 0.3) is 0 Å². The van der Waals surface area contributed by atoms with E-state index < -0.39 is 0 Å². The van der Waals surface area contributed by atoms with Crippen LogP contribution in [0.3, 0.4) is 0 Å². The predicted octanol–water partition coefficient (Wildman–Crippen LogP) is 1.29. The Hall–Kier alpha value is -0.220. The van der Waals surface area contributed by atoms with E-state index in [1.807, 2.05) is 11.2 Å². The Labute approximate surface area is 97.2 Å². The Morgan fingerprint density at radius 2 is 1.87 bits per heavy atom. The molecule has 15 heavy (non-hydrogen) atoms. The van der Waals surface area contributed by atoms with Gasteiger partial charge >= 0.3 is 0 Å². The van der Waals surface area contributed by atoms with E-state index in [4.69, 9.17) is 0 Å². The van der Waals surface area contributed by atoms with E-state index in [0.29, 0.717) is 18.4 Å². The molecular weight excluding hydrogens is 208 g/mol. The molecule has 0 radical (unpaired) electrons. The topological polar surface area (TPSA) is 23.6 Å². The maximum atomic E-state index is 11.7. The van der Waals surface area contributed by atoms with E-state index >= 15 is 0 Å². The van der Waals surface area contributed by atoms with Crippen molar-refractivity contribution in [3.05, 3.63) is 0 Å². The van der Waals surface area contributed by atoms with Crippen LogP contribution in [0.2, 0.25) is 0 Å². The van der Waals surface area contributed by atoms with Gasteiger partial charge in [-0.15, -0.1) is 0 Å². The van der Waals surface area contributed by atoms with Crippen molar-refractivity contribution in [3.8, 4) is 0 Å². The molecule has 0 saturated carbocycles. The van der Waals surface area contributed by atoms with Gasteiger partial charge in [-0.2, -0.15) is 11.8 Å². The highest BCUT2D eigenvalue weighted by atomic mass is 32.2. The zero-order chi connectivity index (χ0) is 11.3. The van der Waals surface area contributed by atoms with Crippen LogP contribution in [0.5, 0.6) is 0 Å². The first-order valence-electron chi connectivity index (χ1n) is 5.66. The fourth-order valence-corrected chi connectivity index (χ4v) is 2.21. The summed E-state index contributed by atoms with van der Waals surface area (Å²) < 4.78 is 0. The lowest BCUT2D eigenvalue weighted by Crippen LogP contribution is -2.50. The van der Waals surface area contributed by atoms with Crippen LogP contribution in [0, 0.1) is 0 Å². The molecule has 0 aromatic heterocycles. The van der Waals surface area contributed by atoms with Gasteiger partial charge in [0, 0.05) is 44.4 Å². The van der Waals surface area contributed by atoms with Crippen molar-refractivity contribution >= 4 is 17.7 Å². The average molecular weight is 230 g/mol. The van der Waals surface area contributed by atoms with E-state index in [1.54, 1.807) is 11.8 Å². The molecular formula is C11H22N2OS. The average Bonchev–Trinajstić information content (AvgIpc) is 2.26. The molecule has 0 aromatic carbocycles. The fraction of sp³-hybridized carbons (Fsp3) is 0.909. The maximum absolute atomic E-state index is 11.7. The Bertz CT molecular complexity index is 201. The van der Waals surface area contributed by atoms with E-state index in [9.17, 15) is 4.79 Å². The highest BCUT2D eigenvalue weighted by Crippen LogP contribution is 2.08. The summed E-state index contributed by atoms with van der Waals surface area (Å²) in [6, 6.07) is 0.605. The van der Waals surface area contributed by atoms with Gasteiger partial charge in [0.2, 0.25) is 5.91 Å². The van der Waals surface area contributed by atoms with Crippen molar-refractivity contribution in [2.45, 2.75) is 26.3 Å². The van der Waals surface area contributed by atoms with E-state index in [2.05, 4.69) is 18.7 Å². The Morgan fingerprint density at radius 3 is 2.33 bits per heavy atom. The molecule has 0 N–H and O–H groups in total. The van der Waals surface area contributed by atoms with Gasteiger partial charge in [-0.1, -0.05) is 0 Å². The molecule has 0 bridgehead atoms. The predicted molar refractivity (Wildman–Crippen MR) is 66.3 cm³/mol. The number of piperazine rings is 1. The van der Waals surface area contributed by atoms with E-state index in [-0.39, 0.29) is 0 Å². The SMILES string of the molecule is CSCCC(=O)N1CCN(C(C)C)CC1. The normalized spacial score (nSPS) is 18.5. The summed E-state index contributed by atoms with van der Waals surface area (Å²) in [5.74, 6) is 1.27. The molecule has 0 aromatic rings. The molecule has 1 aliphatic heterocycles. The van der Waals surface area contributed by atoms with Gasteiger partial charge in [0.05, 0.1) is 0 Å². The van der Waals surface area contributed by atoms with Crippen LogP contribution in [0.25, 0.3) is 0 Å². The lowest BCUT2D eigenvalue weighted by molar-refractivity contribution is -0.132. The lowest BCUT2D eigenvalue weighted by atomic mass is 10.2. The van der Waals surface area contributed by atoms with Gasteiger partial charge < -0.3 is 4.90 Å². The monoisotopic (exact) mass is 230 g/mol. The van der Waals surface area contributed by atoms with Crippen molar-refractivity contribution in [1.29, 1.82) is 0 Å². The zero-order valence-corrected chi connectivity index (χ0v) is 10.8. The second-order valence-electron chi connectivity index (χ2n) is 4.25. The first kappa shape index (κ1) is 12.8. The maximum Gasteiger partial charge on any atom is 0.223 e. The van der Waals surface area contributed by atoms with Crippen LogP contribution in [-0.4, -0.2) is 59.9 Å². The van der Waals surface area contributed by atoms with Gasteiger partial charge in [-0.25, -0.2) is 0 Å². The van der Waals surface area contributed by atoms with Crippen molar-refractivity contribution < 1.29 is 4.79 Å². The van der Waals surface area contributed by atoms with Gasteiger partial charge in [0.15, 0.2) is 0 Å². The summed E-state index contributed by atoms with van der Waals surface area (Å²) in [4.78, 5) is 16.2. The molecule has 1 heterocycles. The first-order chi connectivity index (χ1) is 7.15. The fourth-order valence-electron chi connectivity index (χ4n) is 1.84. The molecule has 1 aliphatic rings. The Balaban J connectivity index is 2.27. The van der Waals surface area contributed by atoms with Gasteiger partial charge in [-0.05, 0) is 20.1 Å². The third-order valence-corrected chi connectivity index (χ3v) is 3.53. The highest BCUT2D eigenvalue weighted by molar-refractivity contribution is 7.98. The van der Waals surface area contributed by atoms with Crippen LogP contribution in [0.1, 0.15) is 20.3 Å². The third-order valence-electron chi connectivity index (χ3n) is 2.92. The zero-order valence-electron chi connectivity index (χ0n) is 10.0. The molecule has 0 aliphatic carbocycles. The van der Waals surface area contributed by atoms with Crippen LogP contribution in [0.4, 0.5) is 0 Å². The number of nitrogens with zero attached hydrogens (tertiary/aromatic N) is 2. The quantitative estimate of drug-likeness (QED) is 0.727. The molecule has 0 atom stereocenters. The molecule has 1 saturated heterocycles. The van der Waals surface area contributed by atoms with Gasteiger partial charge in [-0.3, -0.25) is 9.69 Å². The van der Waals surface area contributed by atoms with Crippen LogP contribution in [0.15, 0.2) is 0 Å². The third kappa shape index (κ3) is 4.03. The number of carbonyl (C=O) groups is 1. The number of rotatable bonds is 4. The minimum atomic E-state index is 0.327. The van der Waals surface area contributed by atoms with Crippen molar-refractivity contribution in [1.82, 2.24) is 9.80 Å². The molecule has 1 fully saturated rings. The number of hydrogen-bond acceptors (Lipinski definition) is 3. The number of amides is 1. The molecule has 0 unspecified atom stereocenters. The minimum Gasteiger partial charge on any atom is -0.340 e. The molecule has 1 amide bonds. The molecule has 3 nitrogen and oxygen atoms in total. The molecule has 0 spiro atoms. The largest absolute Gasteiger partial charge is 0.340 e. The minimum absolute atomic E-state index is 0.327. The highest BCUT2D eigenvalue weighted by Gasteiger charge is 2.21. The summed E-state index contributed by atoms with van der Waals surface area (Å²) in [5, 5.41) is 0. The summed E-state index contributed by atoms with van der Waals surface area (Å²) in [5.41, 5.74) is 0. The molecule has 4 heteroatoms. The first-order valence-corrected chi connectivity index (χ1v) is 7.05. The van der Waals surface area contributed by atoms with Crippen molar-refractivity contribution in [2.75, 3.05) is 38.2 Å². The van der Waals surface area contributed by atoms with Crippen LogP contribution >= 0.6 is 11.8 Å². The Morgan fingerprint density at radius 1 is 1.27 bits per heavy atom. The summed E-state index contributed by atoms with van der Waals surface area (Å²) in [7, 11) is 0. The van der Waals surface area contributed by atoms with E-state index in [1.165, 1.54) is 0 Å². The van der Waals surface area contributed by atoms with Crippen LogP contribution in [-0.2, 0) is 4.79 Å². The smallest absolute Gasteiger partial charge is 0.223 e. The summed E-state index contributed by atoms with van der Waals surface area (Å²) in [6.45, 7) is 8.30. The van der Waals surface area contributed by atoms with E-state index in [0.717, 1.165) is 31.9 Å². The number of hydrogen-bond donors (Lipinski definition) is 0. The number of thioether (sulfide) groups is 1. The summed E-state index contributed by atoms with van der Waals surface area (Å²) >= 11 is 1.74. The van der Waals surface area contributed by atoms with Crippen molar-refractivity contribution in [2.24, 2.45) is 0 Å². The Kier molecular flexibility index (Phi) is 5.47. The second kappa shape index (κ2) is 6.38. The van der Waals surface area contributed by atoms with Gasteiger partial charge in [0.1, 0.15) is 0 Å². The molecule has 1 rings (SSSR count). The standard InChI is InChI=1S/C11H22N2OS/c1-10(2)12-5-7-13(8-6-12)11(14)4-9-15-3/h10H,4-9H2,1-3H3. The summed E-state index contributed by atoms with van der Waals surface area (Å²) in [6.07, 6.45) is 2.74. The second-order valence-corrected chi connectivity index (χ2v) is 5.24. The number of carbonyl (C=O) groups excluding carboxylic acids is 1. The lowest BCUT2D eigenvalue weighted by Gasteiger charge is -2.37.